The van der Waals surface area contributed by atoms with Crippen LogP contribution in [0.5, 0.6) is 0 Å². The third-order valence-corrected chi connectivity index (χ3v) is 2.64. The fourth-order valence-corrected chi connectivity index (χ4v) is 1.75. The molecular formula is C12H17N3O. The number of aromatic nitrogens is 2. The van der Waals surface area contributed by atoms with Gasteiger partial charge in [0.1, 0.15) is 0 Å². The highest BCUT2D eigenvalue weighted by Crippen LogP contribution is 2.21. The summed E-state index contributed by atoms with van der Waals surface area (Å²) in [5.41, 5.74) is 2.91. The van der Waals surface area contributed by atoms with Crippen LogP contribution in [-0.4, -0.2) is 27.2 Å². The van der Waals surface area contributed by atoms with Crippen molar-refractivity contribution in [1.82, 2.24) is 9.97 Å². The first-order valence-electron chi connectivity index (χ1n) is 5.43. The van der Waals surface area contributed by atoms with Crippen LogP contribution in [0.2, 0.25) is 0 Å². The van der Waals surface area contributed by atoms with Gasteiger partial charge in [-0.1, -0.05) is 0 Å². The second-order valence-electron chi connectivity index (χ2n) is 4.62. The van der Waals surface area contributed by atoms with E-state index in [2.05, 4.69) is 29.1 Å². The molecule has 2 aromatic rings. The molecule has 0 saturated heterocycles. The lowest BCUT2D eigenvalue weighted by Gasteiger charge is -2.26. The molecule has 1 aromatic heterocycles. The first-order chi connectivity index (χ1) is 7.61. The molecule has 0 saturated carbocycles. The molecule has 0 aliphatic carbocycles. The summed E-state index contributed by atoms with van der Waals surface area (Å²) in [5.74, 6) is 0. The first kappa shape index (κ1) is 11.0. The number of aromatic amines is 1. The van der Waals surface area contributed by atoms with Crippen LogP contribution in [-0.2, 0) is 0 Å². The maximum absolute atomic E-state index is 8.96. The number of aliphatic hydroxyl groups excluding tert-OH is 1. The highest BCUT2D eigenvalue weighted by Gasteiger charge is 2.16. The Hall–Kier alpha value is -1.55. The van der Waals surface area contributed by atoms with Crippen molar-refractivity contribution in [2.75, 3.05) is 11.9 Å². The number of rotatable bonds is 4. The molecule has 0 aliphatic rings. The van der Waals surface area contributed by atoms with Crippen molar-refractivity contribution in [1.29, 1.82) is 0 Å². The number of nitrogens with one attached hydrogen (secondary N) is 2. The lowest BCUT2D eigenvalue weighted by molar-refractivity contribution is 0.261. The van der Waals surface area contributed by atoms with E-state index in [1.54, 1.807) is 6.33 Å². The summed E-state index contributed by atoms with van der Waals surface area (Å²) in [7, 11) is 0. The van der Waals surface area contributed by atoms with Gasteiger partial charge < -0.3 is 15.4 Å². The molecule has 1 heterocycles. The van der Waals surface area contributed by atoms with Gasteiger partial charge in [0.15, 0.2) is 0 Å². The Morgan fingerprint density at radius 1 is 1.44 bits per heavy atom. The Balaban J connectivity index is 2.20. The summed E-state index contributed by atoms with van der Waals surface area (Å²) in [6, 6.07) is 6.01. The normalized spacial score (nSPS) is 11.9. The smallest absolute Gasteiger partial charge is 0.0931 e. The highest BCUT2D eigenvalue weighted by molar-refractivity contribution is 5.78. The fraction of sp³-hybridized carbons (Fsp3) is 0.417. The molecule has 4 heteroatoms. The molecule has 2 rings (SSSR count). The van der Waals surface area contributed by atoms with E-state index in [-0.39, 0.29) is 12.1 Å². The van der Waals surface area contributed by atoms with E-state index in [9.17, 15) is 0 Å². The van der Waals surface area contributed by atoms with Crippen LogP contribution in [0, 0.1) is 0 Å². The molecular weight excluding hydrogens is 202 g/mol. The molecule has 0 spiro atoms. The van der Waals surface area contributed by atoms with E-state index >= 15 is 0 Å². The minimum atomic E-state index is -0.109. The number of anilines is 1. The van der Waals surface area contributed by atoms with Crippen LogP contribution in [0.15, 0.2) is 24.5 Å². The van der Waals surface area contributed by atoms with Crippen molar-refractivity contribution in [3.8, 4) is 0 Å². The Morgan fingerprint density at radius 2 is 2.25 bits per heavy atom. The van der Waals surface area contributed by atoms with Crippen LogP contribution in [0.3, 0.4) is 0 Å². The number of hydrogen-bond acceptors (Lipinski definition) is 3. The van der Waals surface area contributed by atoms with E-state index in [1.807, 2.05) is 18.2 Å². The highest BCUT2D eigenvalue weighted by atomic mass is 16.3. The van der Waals surface area contributed by atoms with Crippen molar-refractivity contribution >= 4 is 16.7 Å². The zero-order chi connectivity index (χ0) is 11.6. The molecule has 0 atom stereocenters. The second-order valence-corrected chi connectivity index (χ2v) is 4.62. The number of fused-ring (bicyclic) bond motifs is 1. The van der Waals surface area contributed by atoms with Gasteiger partial charge in [0.25, 0.3) is 0 Å². The van der Waals surface area contributed by atoms with Crippen LogP contribution >= 0.6 is 0 Å². The summed E-state index contributed by atoms with van der Waals surface area (Å²) in [5, 5.41) is 12.4. The second kappa shape index (κ2) is 4.14. The molecule has 16 heavy (non-hydrogen) atoms. The van der Waals surface area contributed by atoms with Gasteiger partial charge in [-0.25, -0.2) is 4.98 Å². The fourth-order valence-electron chi connectivity index (χ4n) is 1.75. The summed E-state index contributed by atoms with van der Waals surface area (Å²) in [4.78, 5) is 7.25. The molecule has 0 unspecified atom stereocenters. The number of benzene rings is 1. The van der Waals surface area contributed by atoms with Gasteiger partial charge in [0.2, 0.25) is 0 Å². The number of H-pyrrole nitrogens is 1. The van der Waals surface area contributed by atoms with Crippen molar-refractivity contribution < 1.29 is 5.11 Å². The van der Waals surface area contributed by atoms with Crippen molar-refractivity contribution in [3.05, 3.63) is 24.5 Å². The number of aliphatic hydroxyl groups is 1. The summed E-state index contributed by atoms with van der Waals surface area (Å²) in [6.07, 6.45) is 2.40. The SMILES string of the molecule is CC(C)(CCO)Nc1ccc2nc[nH]c2c1. The Kier molecular flexibility index (Phi) is 2.83. The molecule has 4 nitrogen and oxygen atoms in total. The number of nitrogens with zero attached hydrogens (tertiary/aromatic N) is 1. The number of imidazole rings is 1. The summed E-state index contributed by atoms with van der Waals surface area (Å²) >= 11 is 0. The first-order valence-corrected chi connectivity index (χ1v) is 5.43. The number of hydrogen-bond donors (Lipinski definition) is 3. The zero-order valence-electron chi connectivity index (χ0n) is 9.62. The quantitative estimate of drug-likeness (QED) is 0.738. The van der Waals surface area contributed by atoms with Gasteiger partial charge in [0.05, 0.1) is 17.4 Å². The van der Waals surface area contributed by atoms with Gasteiger partial charge in [-0.3, -0.25) is 0 Å². The Bertz CT molecular complexity index is 476. The lowest BCUT2D eigenvalue weighted by Crippen LogP contribution is -2.31. The summed E-state index contributed by atoms with van der Waals surface area (Å²) < 4.78 is 0. The predicted octanol–water partition coefficient (Wildman–Crippen LogP) is 2.14. The van der Waals surface area contributed by atoms with E-state index in [4.69, 9.17) is 5.11 Å². The average Bonchev–Trinajstić information content (AvgIpc) is 2.63. The molecule has 0 bridgehead atoms. The Labute approximate surface area is 94.7 Å². The van der Waals surface area contributed by atoms with Gasteiger partial charge in [-0.05, 0) is 38.5 Å². The van der Waals surface area contributed by atoms with Gasteiger partial charge in [0, 0.05) is 17.8 Å². The molecule has 1 aromatic carbocycles. The van der Waals surface area contributed by atoms with Crippen LogP contribution in [0.25, 0.3) is 11.0 Å². The Morgan fingerprint density at radius 3 is 3.00 bits per heavy atom. The van der Waals surface area contributed by atoms with E-state index < -0.39 is 0 Å². The van der Waals surface area contributed by atoms with Crippen LogP contribution < -0.4 is 5.32 Å². The topological polar surface area (TPSA) is 60.9 Å². The lowest BCUT2D eigenvalue weighted by atomic mass is 10.0. The molecule has 0 amide bonds. The maximum Gasteiger partial charge on any atom is 0.0931 e. The molecule has 3 N–H and O–H groups in total. The molecule has 86 valence electrons. The standard InChI is InChI=1S/C12H17N3O/c1-12(2,5-6-16)15-9-3-4-10-11(7-9)14-8-13-10/h3-4,7-8,15-16H,5-6H2,1-2H3,(H,13,14). The predicted molar refractivity (Wildman–Crippen MR) is 65.5 cm³/mol. The average molecular weight is 219 g/mol. The van der Waals surface area contributed by atoms with E-state index in [1.165, 1.54) is 0 Å². The van der Waals surface area contributed by atoms with Gasteiger partial charge in [-0.15, -0.1) is 0 Å². The van der Waals surface area contributed by atoms with Crippen LogP contribution in [0.1, 0.15) is 20.3 Å². The minimum absolute atomic E-state index is 0.109. The largest absolute Gasteiger partial charge is 0.396 e. The maximum atomic E-state index is 8.96. The van der Waals surface area contributed by atoms with Crippen LogP contribution in [0.4, 0.5) is 5.69 Å². The zero-order valence-corrected chi connectivity index (χ0v) is 9.62. The van der Waals surface area contributed by atoms with E-state index in [0.29, 0.717) is 6.42 Å². The monoisotopic (exact) mass is 219 g/mol. The van der Waals surface area contributed by atoms with Crippen molar-refractivity contribution in [2.24, 2.45) is 0 Å². The van der Waals surface area contributed by atoms with Crippen molar-refractivity contribution in [3.63, 3.8) is 0 Å². The van der Waals surface area contributed by atoms with Crippen molar-refractivity contribution in [2.45, 2.75) is 25.8 Å². The summed E-state index contributed by atoms with van der Waals surface area (Å²) in [6.45, 7) is 4.33. The minimum Gasteiger partial charge on any atom is -0.396 e. The third kappa shape index (κ3) is 2.33. The van der Waals surface area contributed by atoms with Gasteiger partial charge >= 0.3 is 0 Å². The van der Waals surface area contributed by atoms with E-state index in [0.717, 1.165) is 16.7 Å². The molecule has 0 radical (unpaired) electrons. The molecule has 0 fully saturated rings. The van der Waals surface area contributed by atoms with Gasteiger partial charge in [-0.2, -0.15) is 0 Å². The molecule has 0 aliphatic heterocycles. The third-order valence-electron chi connectivity index (χ3n) is 2.64.